The van der Waals surface area contributed by atoms with E-state index >= 15 is 0 Å². The van der Waals surface area contributed by atoms with Crippen LogP contribution in [0.2, 0.25) is 0 Å². The van der Waals surface area contributed by atoms with Gasteiger partial charge in [-0.1, -0.05) is 38.1 Å². The van der Waals surface area contributed by atoms with Crippen molar-refractivity contribution in [2.24, 2.45) is 11.6 Å². The highest BCUT2D eigenvalue weighted by Gasteiger charge is 2.26. The molecule has 5 rings (SSSR count). The van der Waals surface area contributed by atoms with E-state index in [1.54, 1.807) is 11.1 Å². The number of nitrogens with two attached hydrogens (primary N) is 2. The number of nitrogens with one attached hydrogen (secondary N) is 1. The molecule has 0 bridgehead atoms. The third-order valence-corrected chi connectivity index (χ3v) is 6.57. The van der Waals surface area contributed by atoms with Gasteiger partial charge in [0, 0.05) is 23.9 Å². The molecular formula is C25H31N7O. The minimum Gasteiger partial charge on any atom is -0.464 e. The Labute approximate surface area is 193 Å². The largest absolute Gasteiger partial charge is 0.464 e. The standard InChI is InChI=1S/C25H31N7O/c1-15(2)22-23-24(32(30-22)31-27)20(28-25(29-23)18-9-11-19(26)12-10-18)14-16-5-7-17(8-6-16)21-4-3-13-33-21/h3-8,13,15,18-19,31H,9-12,14,26-27H2,1-2H3. The SMILES string of the molecule is CC(C)c1nn(NN)c2c(Cc3ccc(-c4ccco4)cc3)nc(C3CCC(N)CC3)nc12. The number of fused-ring (bicyclic) bond motifs is 1. The fourth-order valence-corrected chi connectivity index (χ4v) is 4.72. The van der Waals surface area contributed by atoms with Crippen molar-refractivity contribution in [2.75, 3.05) is 5.53 Å². The van der Waals surface area contributed by atoms with Crippen LogP contribution < -0.4 is 17.1 Å². The van der Waals surface area contributed by atoms with Gasteiger partial charge in [0.2, 0.25) is 0 Å². The number of hydrazine groups is 1. The minimum atomic E-state index is 0.213. The zero-order valence-electron chi connectivity index (χ0n) is 19.2. The van der Waals surface area contributed by atoms with Crippen LogP contribution in [0.5, 0.6) is 0 Å². The molecule has 33 heavy (non-hydrogen) atoms. The molecular weight excluding hydrogens is 414 g/mol. The molecule has 172 valence electrons. The van der Waals surface area contributed by atoms with Crippen LogP contribution in [0.4, 0.5) is 0 Å². The molecule has 3 heterocycles. The van der Waals surface area contributed by atoms with Crippen molar-refractivity contribution in [3.63, 3.8) is 0 Å². The van der Waals surface area contributed by atoms with E-state index in [0.29, 0.717) is 12.3 Å². The Morgan fingerprint density at radius 1 is 1.09 bits per heavy atom. The first kappa shape index (κ1) is 21.6. The smallest absolute Gasteiger partial charge is 0.134 e. The van der Waals surface area contributed by atoms with E-state index in [0.717, 1.165) is 70.8 Å². The van der Waals surface area contributed by atoms with Gasteiger partial charge in [-0.25, -0.2) is 21.3 Å². The fraction of sp³-hybridized carbons (Fsp3) is 0.400. The van der Waals surface area contributed by atoms with Gasteiger partial charge in [0.15, 0.2) is 0 Å². The highest BCUT2D eigenvalue weighted by atomic mass is 16.3. The van der Waals surface area contributed by atoms with E-state index in [2.05, 4.69) is 43.6 Å². The molecule has 0 atom stereocenters. The first-order chi connectivity index (χ1) is 16.0. The van der Waals surface area contributed by atoms with E-state index in [4.69, 9.17) is 31.1 Å². The average Bonchev–Trinajstić information content (AvgIpc) is 3.48. The van der Waals surface area contributed by atoms with Gasteiger partial charge < -0.3 is 10.2 Å². The van der Waals surface area contributed by atoms with Gasteiger partial charge in [-0.2, -0.15) is 9.89 Å². The number of furan rings is 1. The van der Waals surface area contributed by atoms with Gasteiger partial charge in [-0.3, -0.25) is 0 Å². The van der Waals surface area contributed by atoms with Crippen molar-refractivity contribution in [1.29, 1.82) is 0 Å². The van der Waals surface area contributed by atoms with E-state index in [-0.39, 0.29) is 12.0 Å². The summed E-state index contributed by atoms with van der Waals surface area (Å²) in [5.74, 6) is 8.12. The van der Waals surface area contributed by atoms with Crippen LogP contribution in [-0.2, 0) is 6.42 Å². The Morgan fingerprint density at radius 3 is 2.48 bits per heavy atom. The lowest BCUT2D eigenvalue weighted by Crippen LogP contribution is -2.27. The lowest BCUT2D eigenvalue weighted by atomic mass is 9.86. The highest BCUT2D eigenvalue weighted by molar-refractivity contribution is 5.81. The van der Waals surface area contributed by atoms with E-state index in [9.17, 15) is 0 Å². The summed E-state index contributed by atoms with van der Waals surface area (Å²) < 4.78 is 5.52. The molecule has 1 aliphatic rings. The average molecular weight is 446 g/mol. The van der Waals surface area contributed by atoms with Gasteiger partial charge >= 0.3 is 0 Å². The second-order valence-corrected chi connectivity index (χ2v) is 9.27. The van der Waals surface area contributed by atoms with Crippen molar-refractivity contribution >= 4 is 11.0 Å². The maximum Gasteiger partial charge on any atom is 0.134 e. The second kappa shape index (κ2) is 8.96. The molecule has 1 saturated carbocycles. The Bertz CT molecular complexity index is 1220. The number of nitrogen functional groups attached to an aromatic ring is 1. The lowest BCUT2D eigenvalue weighted by Gasteiger charge is -2.25. The first-order valence-corrected chi connectivity index (χ1v) is 11.7. The van der Waals surface area contributed by atoms with Crippen molar-refractivity contribution in [2.45, 2.75) is 63.8 Å². The quantitative estimate of drug-likeness (QED) is 0.300. The molecule has 0 unspecified atom stereocenters. The summed E-state index contributed by atoms with van der Waals surface area (Å²) in [5, 5.41) is 4.70. The number of hydrogen-bond donors (Lipinski definition) is 3. The second-order valence-electron chi connectivity index (χ2n) is 9.27. The molecule has 4 aromatic rings. The van der Waals surface area contributed by atoms with Crippen LogP contribution >= 0.6 is 0 Å². The third-order valence-electron chi connectivity index (χ3n) is 6.57. The van der Waals surface area contributed by atoms with Gasteiger partial charge in [-0.15, -0.1) is 0 Å². The van der Waals surface area contributed by atoms with E-state index in [1.807, 2.05) is 12.1 Å². The van der Waals surface area contributed by atoms with Crippen LogP contribution in [0.25, 0.3) is 22.4 Å². The van der Waals surface area contributed by atoms with Crippen molar-refractivity contribution in [1.82, 2.24) is 19.9 Å². The number of hydrogen-bond acceptors (Lipinski definition) is 7. The van der Waals surface area contributed by atoms with Gasteiger partial charge in [0.25, 0.3) is 0 Å². The zero-order chi connectivity index (χ0) is 22.9. The molecule has 5 N–H and O–H groups in total. The third kappa shape index (κ3) is 4.24. The maximum atomic E-state index is 6.15. The molecule has 1 aromatic carbocycles. The Hall–Kier alpha value is -3.23. The number of aromatic nitrogens is 4. The van der Waals surface area contributed by atoms with Crippen molar-refractivity contribution in [3.05, 3.63) is 65.4 Å². The Morgan fingerprint density at radius 2 is 1.85 bits per heavy atom. The molecule has 0 radical (unpaired) electrons. The molecule has 1 aliphatic carbocycles. The predicted octanol–water partition coefficient (Wildman–Crippen LogP) is 4.20. The summed E-state index contributed by atoms with van der Waals surface area (Å²) in [4.78, 5) is 11.7. The fourth-order valence-electron chi connectivity index (χ4n) is 4.72. The van der Waals surface area contributed by atoms with Crippen molar-refractivity contribution in [3.8, 4) is 11.3 Å². The molecule has 8 heteroatoms. The number of rotatable bonds is 6. The summed E-state index contributed by atoms with van der Waals surface area (Å²) in [6, 6.07) is 12.5. The Balaban J connectivity index is 1.57. The van der Waals surface area contributed by atoms with Crippen LogP contribution in [-0.4, -0.2) is 25.9 Å². The van der Waals surface area contributed by atoms with Crippen LogP contribution in [0.15, 0.2) is 47.1 Å². The van der Waals surface area contributed by atoms with Gasteiger partial charge in [0.1, 0.15) is 22.6 Å². The van der Waals surface area contributed by atoms with Crippen molar-refractivity contribution < 1.29 is 4.42 Å². The predicted molar refractivity (Wildman–Crippen MR) is 129 cm³/mol. The zero-order valence-corrected chi connectivity index (χ0v) is 19.2. The molecule has 0 aliphatic heterocycles. The first-order valence-electron chi connectivity index (χ1n) is 11.7. The molecule has 0 saturated heterocycles. The minimum absolute atomic E-state index is 0.213. The summed E-state index contributed by atoms with van der Waals surface area (Å²) in [5.41, 5.74) is 14.6. The highest BCUT2D eigenvalue weighted by Crippen LogP contribution is 2.34. The monoisotopic (exact) mass is 445 g/mol. The lowest BCUT2D eigenvalue weighted by molar-refractivity contribution is 0.385. The van der Waals surface area contributed by atoms with Crippen LogP contribution in [0, 0.1) is 0 Å². The Kier molecular flexibility index (Phi) is 5.86. The summed E-state index contributed by atoms with van der Waals surface area (Å²) in [6.07, 6.45) is 6.40. The van der Waals surface area contributed by atoms with E-state index in [1.165, 1.54) is 0 Å². The molecule has 8 nitrogen and oxygen atoms in total. The maximum absolute atomic E-state index is 6.15. The van der Waals surface area contributed by atoms with Crippen LogP contribution in [0.3, 0.4) is 0 Å². The normalized spacial score (nSPS) is 18.8. The van der Waals surface area contributed by atoms with Gasteiger partial charge in [-0.05, 0) is 49.3 Å². The molecule has 0 amide bonds. The molecule has 3 aromatic heterocycles. The molecule has 1 fully saturated rings. The van der Waals surface area contributed by atoms with Gasteiger partial charge in [0.05, 0.1) is 17.7 Å². The number of nitrogens with zero attached hydrogens (tertiary/aromatic N) is 4. The van der Waals surface area contributed by atoms with Crippen LogP contribution in [0.1, 0.15) is 74.1 Å². The number of benzene rings is 1. The molecule has 0 spiro atoms. The summed E-state index contributed by atoms with van der Waals surface area (Å²) in [6.45, 7) is 4.24. The summed E-state index contributed by atoms with van der Waals surface area (Å²) in [7, 11) is 0. The summed E-state index contributed by atoms with van der Waals surface area (Å²) >= 11 is 0. The topological polar surface area (TPSA) is 121 Å². The van der Waals surface area contributed by atoms with E-state index < -0.39 is 0 Å².